The third-order valence-corrected chi connectivity index (χ3v) is 3.38. The Hall–Kier alpha value is -1.90. The summed E-state index contributed by atoms with van der Waals surface area (Å²) in [5, 5.41) is 6.14. The molecule has 0 aliphatic rings. The van der Waals surface area contributed by atoms with Crippen molar-refractivity contribution in [3.05, 3.63) is 65.2 Å². The standard InChI is InChI=1S/C18H21F2N3O.HI/c1-3-21-18(23-12-14-6-4-5-7-15(14)19)22-11-13-8-9-17(24-2)16(20)10-13;/h4-10H,3,11-12H2,1-2H3,(H2,21,22,23);1H. The van der Waals surface area contributed by atoms with E-state index in [9.17, 15) is 8.78 Å². The van der Waals surface area contributed by atoms with Gasteiger partial charge in [-0.15, -0.1) is 24.0 Å². The van der Waals surface area contributed by atoms with Crippen molar-refractivity contribution in [3.8, 4) is 5.75 Å². The second-order valence-corrected chi connectivity index (χ2v) is 5.11. The molecule has 0 saturated heterocycles. The van der Waals surface area contributed by atoms with Crippen LogP contribution in [-0.2, 0) is 13.1 Å². The van der Waals surface area contributed by atoms with Crippen molar-refractivity contribution in [2.75, 3.05) is 13.7 Å². The summed E-state index contributed by atoms with van der Waals surface area (Å²) in [6.45, 7) is 3.22. The molecular formula is C18H22F2IN3O. The largest absolute Gasteiger partial charge is 0.494 e. The number of halogens is 3. The molecule has 2 rings (SSSR count). The first-order chi connectivity index (χ1) is 11.6. The number of hydrogen-bond donors (Lipinski definition) is 2. The number of rotatable bonds is 6. The number of nitrogens with zero attached hydrogens (tertiary/aromatic N) is 1. The summed E-state index contributed by atoms with van der Waals surface area (Å²) >= 11 is 0. The highest BCUT2D eigenvalue weighted by atomic mass is 127. The van der Waals surface area contributed by atoms with Gasteiger partial charge in [-0.1, -0.05) is 24.3 Å². The first-order valence-corrected chi connectivity index (χ1v) is 7.72. The smallest absolute Gasteiger partial charge is 0.191 e. The molecule has 0 heterocycles. The van der Waals surface area contributed by atoms with E-state index in [1.54, 1.807) is 30.3 Å². The van der Waals surface area contributed by atoms with E-state index in [1.807, 2.05) is 6.92 Å². The maximum Gasteiger partial charge on any atom is 0.191 e. The van der Waals surface area contributed by atoms with E-state index in [4.69, 9.17) is 4.74 Å². The molecule has 0 aliphatic carbocycles. The van der Waals surface area contributed by atoms with Crippen LogP contribution in [0.15, 0.2) is 47.5 Å². The lowest BCUT2D eigenvalue weighted by atomic mass is 10.2. The molecule has 7 heteroatoms. The Labute approximate surface area is 163 Å². The zero-order valence-electron chi connectivity index (χ0n) is 14.2. The summed E-state index contributed by atoms with van der Waals surface area (Å²) in [6.07, 6.45) is 0. The van der Waals surface area contributed by atoms with Gasteiger partial charge in [0, 0.05) is 18.7 Å². The van der Waals surface area contributed by atoms with Crippen LogP contribution in [0.5, 0.6) is 5.75 Å². The second kappa shape index (κ2) is 10.9. The Bertz CT molecular complexity index is 710. The molecule has 4 nitrogen and oxygen atoms in total. The van der Waals surface area contributed by atoms with E-state index in [0.717, 1.165) is 5.56 Å². The Morgan fingerprint density at radius 2 is 1.84 bits per heavy atom. The van der Waals surface area contributed by atoms with Crippen LogP contribution in [0.1, 0.15) is 18.1 Å². The summed E-state index contributed by atoms with van der Waals surface area (Å²) in [5.74, 6) is 0.0527. The summed E-state index contributed by atoms with van der Waals surface area (Å²) in [5.41, 5.74) is 1.27. The van der Waals surface area contributed by atoms with Gasteiger partial charge in [0.05, 0.1) is 13.7 Å². The van der Waals surface area contributed by atoms with Crippen LogP contribution in [0, 0.1) is 11.6 Å². The van der Waals surface area contributed by atoms with Gasteiger partial charge in [0.25, 0.3) is 0 Å². The molecule has 0 radical (unpaired) electrons. The van der Waals surface area contributed by atoms with Gasteiger partial charge < -0.3 is 15.4 Å². The van der Waals surface area contributed by atoms with Gasteiger partial charge in [0.15, 0.2) is 17.5 Å². The molecule has 0 unspecified atom stereocenters. The second-order valence-electron chi connectivity index (χ2n) is 5.11. The van der Waals surface area contributed by atoms with Crippen LogP contribution in [-0.4, -0.2) is 19.6 Å². The van der Waals surface area contributed by atoms with Gasteiger partial charge >= 0.3 is 0 Å². The average Bonchev–Trinajstić information content (AvgIpc) is 2.58. The van der Waals surface area contributed by atoms with Gasteiger partial charge in [-0.05, 0) is 30.7 Å². The number of ether oxygens (including phenoxy) is 1. The third kappa shape index (κ3) is 6.49. The maximum absolute atomic E-state index is 13.7. The summed E-state index contributed by atoms with van der Waals surface area (Å²) in [6, 6.07) is 11.3. The van der Waals surface area contributed by atoms with Crippen LogP contribution in [0.2, 0.25) is 0 Å². The van der Waals surface area contributed by atoms with Crippen molar-refractivity contribution in [3.63, 3.8) is 0 Å². The molecule has 0 amide bonds. The number of guanidine groups is 1. The fraction of sp³-hybridized carbons (Fsp3) is 0.278. The highest BCUT2D eigenvalue weighted by Crippen LogP contribution is 2.18. The summed E-state index contributed by atoms with van der Waals surface area (Å²) < 4.78 is 32.2. The zero-order valence-corrected chi connectivity index (χ0v) is 16.5. The first kappa shape index (κ1) is 21.1. The molecule has 0 spiro atoms. The lowest BCUT2D eigenvalue weighted by molar-refractivity contribution is 0.386. The lowest BCUT2D eigenvalue weighted by Crippen LogP contribution is -2.37. The summed E-state index contributed by atoms with van der Waals surface area (Å²) in [4.78, 5) is 4.39. The molecule has 0 aliphatic heterocycles. The molecule has 136 valence electrons. The maximum atomic E-state index is 13.7. The predicted molar refractivity (Wildman–Crippen MR) is 106 cm³/mol. The molecular weight excluding hydrogens is 439 g/mol. The van der Waals surface area contributed by atoms with Gasteiger partial charge in [0.2, 0.25) is 0 Å². The van der Waals surface area contributed by atoms with Crippen molar-refractivity contribution in [2.45, 2.75) is 20.0 Å². The molecule has 2 aromatic carbocycles. The van der Waals surface area contributed by atoms with Crippen molar-refractivity contribution < 1.29 is 13.5 Å². The molecule has 0 fully saturated rings. The third-order valence-electron chi connectivity index (χ3n) is 3.38. The first-order valence-electron chi connectivity index (χ1n) is 7.72. The van der Waals surface area contributed by atoms with Crippen LogP contribution < -0.4 is 15.4 Å². The topological polar surface area (TPSA) is 45.7 Å². The lowest BCUT2D eigenvalue weighted by Gasteiger charge is -2.12. The van der Waals surface area contributed by atoms with E-state index in [1.165, 1.54) is 19.2 Å². The number of nitrogens with one attached hydrogen (secondary N) is 2. The highest BCUT2D eigenvalue weighted by molar-refractivity contribution is 14.0. The van der Waals surface area contributed by atoms with Crippen LogP contribution in [0.4, 0.5) is 8.78 Å². The van der Waals surface area contributed by atoms with Crippen molar-refractivity contribution in [1.29, 1.82) is 0 Å². The average molecular weight is 461 g/mol. The normalized spacial score (nSPS) is 10.8. The van der Waals surface area contributed by atoms with Gasteiger partial charge in [-0.3, -0.25) is 0 Å². The van der Waals surface area contributed by atoms with Crippen LogP contribution in [0.25, 0.3) is 0 Å². The number of aliphatic imine (C=N–C) groups is 1. The SMILES string of the molecule is CCNC(=NCc1ccc(OC)c(F)c1)NCc1ccccc1F.I. The van der Waals surface area contributed by atoms with E-state index >= 15 is 0 Å². The van der Waals surface area contributed by atoms with Crippen molar-refractivity contribution in [2.24, 2.45) is 4.99 Å². The Morgan fingerprint density at radius 1 is 1.08 bits per heavy atom. The van der Waals surface area contributed by atoms with Crippen LogP contribution in [0.3, 0.4) is 0 Å². The predicted octanol–water partition coefficient (Wildman–Crippen LogP) is 3.85. The molecule has 0 atom stereocenters. The quantitative estimate of drug-likeness (QED) is 0.391. The minimum Gasteiger partial charge on any atom is -0.494 e. The minimum atomic E-state index is -0.422. The summed E-state index contributed by atoms with van der Waals surface area (Å²) in [7, 11) is 1.42. The van der Waals surface area contributed by atoms with E-state index in [0.29, 0.717) is 31.2 Å². The highest BCUT2D eigenvalue weighted by Gasteiger charge is 2.05. The zero-order chi connectivity index (χ0) is 17.4. The van der Waals surface area contributed by atoms with Crippen LogP contribution >= 0.6 is 24.0 Å². The Kier molecular flexibility index (Phi) is 9.18. The number of methoxy groups -OCH3 is 1. The minimum absolute atomic E-state index is 0. The van der Waals surface area contributed by atoms with Crippen molar-refractivity contribution in [1.82, 2.24) is 10.6 Å². The molecule has 0 saturated carbocycles. The molecule has 25 heavy (non-hydrogen) atoms. The molecule has 0 bridgehead atoms. The van der Waals surface area contributed by atoms with E-state index < -0.39 is 5.82 Å². The fourth-order valence-corrected chi connectivity index (χ4v) is 2.14. The fourth-order valence-electron chi connectivity index (χ4n) is 2.14. The van der Waals surface area contributed by atoms with Gasteiger partial charge in [0.1, 0.15) is 5.82 Å². The Morgan fingerprint density at radius 3 is 2.48 bits per heavy atom. The molecule has 2 aromatic rings. The Balaban J connectivity index is 0.00000312. The number of hydrogen-bond acceptors (Lipinski definition) is 2. The van der Waals surface area contributed by atoms with Gasteiger partial charge in [-0.25, -0.2) is 13.8 Å². The molecule has 2 N–H and O–H groups in total. The van der Waals surface area contributed by atoms with E-state index in [-0.39, 0.29) is 35.5 Å². The molecule has 0 aromatic heterocycles. The number of benzene rings is 2. The van der Waals surface area contributed by atoms with E-state index in [2.05, 4.69) is 15.6 Å². The monoisotopic (exact) mass is 461 g/mol. The van der Waals surface area contributed by atoms with Crippen molar-refractivity contribution >= 4 is 29.9 Å². The van der Waals surface area contributed by atoms with Gasteiger partial charge in [-0.2, -0.15) is 0 Å².